The third-order valence-electron chi connectivity index (χ3n) is 4.13. The number of aromatic nitrogens is 3. The Morgan fingerprint density at radius 2 is 2.04 bits per heavy atom. The zero-order valence-electron chi connectivity index (χ0n) is 15.1. The summed E-state index contributed by atoms with van der Waals surface area (Å²) < 4.78 is 7.19. The van der Waals surface area contributed by atoms with Crippen LogP contribution in [0.5, 0.6) is 0 Å². The summed E-state index contributed by atoms with van der Waals surface area (Å²) in [5.74, 6) is 0.0594. The Morgan fingerprint density at radius 3 is 2.58 bits per heavy atom. The Bertz CT molecular complexity index is 597. The topological polar surface area (TPSA) is 80.2 Å². The zero-order chi connectivity index (χ0) is 17.9. The molecule has 7 nitrogen and oxygen atoms in total. The van der Waals surface area contributed by atoms with Crippen molar-refractivity contribution in [2.75, 3.05) is 6.61 Å². The fourth-order valence-corrected chi connectivity index (χ4v) is 3.99. The zero-order valence-corrected chi connectivity index (χ0v) is 15.9. The van der Waals surface area contributed by atoms with Gasteiger partial charge in [0, 0.05) is 18.7 Å². The van der Waals surface area contributed by atoms with Crippen LogP contribution in [-0.2, 0) is 16.1 Å². The van der Waals surface area contributed by atoms with Crippen molar-refractivity contribution in [2.24, 2.45) is 0 Å². The van der Waals surface area contributed by atoms with E-state index in [1.54, 1.807) is 4.57 Å². The minimum atomic E-state index is -0.312. The molecule has 1 saturated heterocycles. The van der Waals surface area contributed by atoms with Crippen LogP contribution in [0.15, 0.2) is 9.95 Å². The fraction of sp³-hybridized carbons (Fsp3) is 0.812. The standard InChI is InChI=1S/C16H28N4O3S/c1-10(2)20(11(3)4)14(21)12(5)24-16-18-17-15(22)19(16)9-13-7-6-8-23-13/h10-13H,6-9H2,1-5H3,(H,17,22). The van der Waals surface area contributed by atoms with Gasteiger partial charge in [0.05, 0.1) is 17.9 Å². The molecular formula is C16H28N4O3S. The largest absolute Gasteiger partial charge is 0.376 e. The van der Waals surface area contributed by atoms with E-state index in [0.29, 0.717) is 11.7 Å². The molecule has 1 aromatic rings. The van der Waals surface area contributed by atoms with Crippen LogP contribution in [0.3, 0.4) is 0 Å². The van der Waals surface area contributed by atoms with E-state index in [0.717, 1.165) is 19.4 Å². The molecule has 8 heteroatoms. The van der Waals surface area contributed by atoms with E-state index in [9.17, 15) is 9.59 Å². The maximum Gasteiger partial charge on any atom is 0.344 e. The highest BCUT2D eigenvalue weighted by atomic mass is 32.2. The molecule has 0 radical (unpaired) electrons. The summed E-state index contributed by atoms with van der Waals surface area (Å²) in [7, 11) is 0. The van der Waals surface area contributed by atoms with Crippen LogP contribution in [0, 0.1) is 0 Å². The second-order valence-corrected chi connectivity index (χ2v) is 8.06. The molecule has 0 aromatic carbocycles. The molecule has 2 heterocycles. The Hall–Kier alpha value is -1.28. The fourth-order valence-electron chi connectivity index (χ4n) is 3.07. The number of hydrogen-bond donors (Lipinski definition) is 1. The van der Waals surface area contributed by atoms with Gasteiger partial charge in [0.15, 0.2) is 5.16 Å². The van der Waals surface area contributed by atoms with Crippen LogP contribution in [0.4, 0.5) is 0 Å². The van der Waals surface area contributed by atoms with Crippen LogP contribution >= 0.6 is 11.8 Å². The Balaban J connectivity index is 2.09. The summed E-state index contributed by atoms with van der Waals surface area (Å²) in [4.78, 5) is 26.6. The van der Waals surface area contributed by atoms with E-state index in [1.165, 1.54) is 11.8 Å². The first-order valence-corrected chi connectivity index (χ1v) is 9.44. The second-order valence-electron chi connectivity index (χ2n) is 6.75. The van der Waals surface area contributed by atoms with Gasteiger partial charge in [-0.1, -0.05) is 11.8 Å². The van der Waals surface area contributed by atoms with Crippen molar-refractivity contribution in [1.29, 1.82) is 0 Å². The van der Waals surface area contributed by atoms with Crippen LogP contribution in [-0.4, -0.2) is 55.6 Å². The summed E-state index contributed by atoms with van der Waals surface area (Å²) >= 11 is 1.32. The van der Waals surface area contributed by atoms with Crippen LogP contribution < -0.4 is 5.69 Å². The van der Waals surface area contributed by atoms with Gasteiger partial charge in [0.25, 0.3) is 0 Å². The van der Waals surface area contributed by atoms with Gasteiger partial charge in [-0.25, -0.2) is 9.89 Å². The molecule has 2 atom stereocenters. The lowest BCUT2D eigenvalue weighted by atomic mass is 10.2. The number of aromatic amines is 1. The molecule has 0 saturated carbocycles. The van der Waals surface area contributed by atoms with Crippen LogP contribution in [0.25, 0.3) is 0 Å². The number of nitrogens with one attached hydrogen (secondary N) is 1. The van der Waals surface area contributed by atoms with Crippen molar-refractivity contribution in [3.63, 3.8) is 0 Å². The van der Waals surface area contributed by atoms with Gasteiger partial charge in [-0.2, -0.15) is 0 Å². The van der Waals surface area contributed by atoms with E-state index < -0.39 is 0 Å². The monoisotopic (exact) mass is 356 g/mol. The predicted octanol–water partition coefficient (Wildman–Crippen LogP) is 1.88. The lowest BCUT2D eigenvalue weighted by Gasteiger charge is -2.32. The van der Waals surface area contributed by atoms with Gasteiger partial charge < -0.3 is 9.64 Å². The van der Waals surface area contributed by atoms with Crippen molar-refractivity contribution >= 4 is 17.7 Å². The molecule has 0 aliphatic carbocycles. The number of H-pyrrole nitrogens is 1. The molecule has 0 spiro atoms. The number of ether oxygens (including phenoxy) is 1. The average molecular weight is 356 g/mol. The molecule has 1 N–H and O–H groups in total. The molecule has 24 heavy (non-hydrogen) atoms. The molecule has 0 bridgehead atoms. The highest BCUT2D eigenvalue weighted by Gasteiger charge is 2.28. The van der Waals surface area contributed by atoms with E-state index in [-0.39, 0.29) is 35.0 Å². The number of nitrogens with zero attached hydrogens (tertiary/aromatic N) is 3. The van der Waals surface area contributed by atoms with E-state index in [4.69, 9.17) is 4.74 Å². The lowest BCUT2D eigenvalue weighted by Crippen LogP contribution is -2.45. The van der Waals surface area contributed by atoms with E-state index >= 15 is 0 Å². The Morgan fingerprint density at radius 1 is 1.38 bits per heavy atom. The quantitative estimate of drug-likeness (QED) is 0.755. The van der Waals surface area contributed by atoms with Crippen molar-refractivity contribution in [2.45, 2.75) is 82.6 Å². The van der Waals surface area contributed by atoms with Gasteiger partial charge in [0.1, 0.15) is 0 Å². The summed E-state index contributed by atoms with van der Waals surface area (Å²) in [6.07, 6.45) is 2.02. The highest BCUT2D eigenvalue weighted by molar-refractivity contribution is 8.00. The molecule has 1 aromatic heterocycles. The SMILES string of the molecule is CC(Sc1n[nH]c(=O)n1CC1CCCO1)C(=O)N(C(C)C)C(C)C. The molecule has 1 fully saturated rings. The molecule has 2 rings (SSSR count). The first-order valence-electron chi connectivity index (χ1n) is 8.57. The lowest BCUT2D eigenvalue weighted by molar-refractivity contribution is -0.133. The van der Waals surface area contributed by atoms with Crippen LogP contribution in [0.2, 0.25) is 0 Å². The van der Waals surface area contributed by atoms with E-state index in [2.05, 4.69) is 10.2 Å². The van der Waals surface area contributed by atoms with Crippen LogP contribution in [0.1, 0.15) is 47.5 Å². The highest BCUT2D eigenvalue weighted by Crippen LogP contribution is 2.24. The van der Waals surface area contributed by atoms with Gasteiger partial charge in [-0.3, -0.25) is 9.36 Å². The van der Waals surface area contributed by atoms with Crippen molar-refractivity contribution < 1.29 is 9.53 Å². The normalized spacial score (nSPS) is 19.2. The maximum atomic E-state index is 12.7. The molecule has 1 amide bonds. The third kappa shape index (κ3) is 4.42. The van der Waals surface area contributed by atoms with Gasteiger partial charge in [-0.15, -0.1) is 5.10 Å². The maximum absolute atomic E-state index is 12.7. The second kappa shape index (κ2) is 8.20. The number of carbonyl (C=O) groups is 1. The first kappa shape index (κ1) is 19.1. The van der Waals surface area contributed by atoms with Crippen molar-refractivity contribution in [3.05, 3.63) is 10.5 Å². The Kier molecular flexibility index (Phi) is 6.51. The number of carbonyl (C=O) groups excluding carboxylic acids is 1. The molecule has 1 aliphatic heterocycles. The summed E-state index contributed by atoms with van der Waals surface area (Å²) in [5.41, 5.74) is -0.253. The third-order valence-corrected chi connectivity index (χ3v) is 5.21. The average Bonchev–Trinajstić information content (AvgIpc) is 3.11. The van der Waals surface area contributed by atoms with E-state index in [1.807, 2.05) is 39.5 Å². The number of hydrogen-bond acceptors (Lipinski definition) is 5. The summed E-state index contributed by atoms with van der Waals surface area (Å²) in [6.45, 7) is 11.1. The summed E-state index contributed by atoms with van der Waals surface area (Å²) in [5, 5.41) is 6.81. The van der Waals surface area contributed by atoms with Gasteiger partial charge >= 0.3 is 5.69 Å². The van der Waals surface area contributed by atoms with Crippen molar-refractivity contribution in [3.8, 4) is 0 Å². The first-order chi connectivity index (χ1) is 11.3. The minimum Gasteiger partial charge on any atom is -0.376 e. The number of amides is 1. The molecule has 1 aliphatic rings. The molecular weight excluding hydrogens is 328 g/mol. The van der Waals surface area contributed by atoms with Gasteiger partial charge in [-0.05, 0) is 47.5 Å². The van der Waals surface area contributed by atoms with Crippen molar-refractivity contribution in [1.82, 2.24) is 19.7 Å². The van der Waals surface area contributed by atoms with Gasteiger partial charge in [0.2, 0.25) is 5.91 Å². The smallest absolute Gasteiger partial charge is 0.344 e. The number of rotatable bonds is 7. The predicted molar refractivity (Wildman–Crippen MR) is 94.3 cm³/mol. The number of thioether (sulfide) groups is 1. The molecule has 136 valence electrons. The minimum absolute atomic E-state index is 0.0495. The summed E-state index contributed by atoms with van der Waals surface area (Å²) in [6, 6.07) is 0.266. The Labute approximate surface area is 147 Å². The molecule has 2 unspecified atom stereocenters.